The molecule has 0 saturated heterocycles. The monoisotopic (exact) mass is 408 g/mol. The second kappa shape index (κ2) is 7.89. The molecule has 0 spiro atoms. The van der Waals surface area contributed by atoms with Crippen LogP contribution in [0.15, 0.2) is 57.8 Å². The Kier molecular flexibility index (Phi) is 5.14. The Bertz CT molecular complexity index is 1250. The molecule has 7 nitrogen and oxygen atoms in total. The number of anilines is 1. The number of carbonyl (C=O) groups is 1. The number of rotatable bonds is 5. The predicted molar refractivity (Wildman–Crippen MR) is 111 cm³/mol. The lowest BCUT2D eigenvalue weighted by Crippen LogP contribution is -2.12. The van der Waals surface area contributed by atoms with Crippen LogP contribution in [0.3, 0.4) is 0 Å². The molecular weight excluding hydrogens is 392 g/mol. The fourth-order valence-electron chi connectivity index (χ4n) is 2.94. The number of fused-ring (bicyclic) bond motifs is 1. The lowest BCUT2D eigenvalue weighted by Gasteiger charge is -2.03. The van der Waals surface area contributed by atoms with Crippen molar-refractivity contribution in [2.24, 2.45) is 0 Å². The summed E-state index contributed by atoms with van der Waals surface area (Å²) in [4.78, 5) is 31.6. The number of benzene rings is 2. The van der Waals surface area contributed by atoms with Crippen LogP contribution >= 0.6 is 11.6 Å². The average molecular weight is 409 g/mol. The molecule has 4 aromatic rings. The van der Waals surface area contributed by atoms with Gasteiger partial charge in [-0.15, -0.1) is 0 Å². The molecule has 29 heavy (non-hydrogen) atoms. The summed E-state index contributed by atoms with van der Waals surface area (Å²) in [6.07, 6.45) is 0.425. The molecule has 0 aliphatic rings. The first-order valence-electron chi connectivity index (χ1n) is 9.00. The van der Waals surface area contributed by atoms with Crippen molar-refractivity contribution in [1.29, 1.82) is 0 Å². The highest BCUT2D eigenvalue weighted by Gasteiger charge is 2.14. The topological polar surface area (TPSA) is 101 Å². The molecule has 0 saturated carbocycles. The summed E-state index contributed by atoms with van der Waals surface area (Å²) in [6, 6.07) is 14.3. The van der Waals surface area contributed by atoms with Crippen LogP contribution < -0.4 is 10.9 Å². The number of pyridine rings is 1. The molecular formula is C21H17ClN4O3. The number of nitrogens with zero attached hydrogens (tertiary/aromatic N) is 2. The molecule has 0 aliphatic heterocycles. The van der Waals surface area contributed by atoms with Crippen molar-refractivity contribution < 1.29 is 9.32 Å². The summed E-state index contributed by atoms with van der Waals surface area (Å²) >= 11 is 5.83. The van der Waals surface area contributed by atoms with Crippen LogP contribution in [0, 0.1) is 6.92 Å². The Morgan fingerprint density at radius 1 is 1.17 bits per heavy atom. The molecule has 0 atom stereocenters. The highest BCUT2D eigenvalue weighted by atomic mass is 35.5. The van der Waals surface area contributed by atoms with E-state index in [0.29, 0.717) is 16.3 Å². The zero-order chi connectivity index (χ0) is 20.4. The molecule has 4 rings (SSSR count). The highest BCUT2D eigenvalue weighted by molar-refractivity contribution is 6.30. The lowest BCUT2D eigenvalue weighted by atomic mass is 10.1. The maximum absolute atomic E-state index is 12.4. The van der Waals surface area contributed by atoms with Gasteiger partial charge >= 0.3 is 0 Å². The van der Waals surface area contributed by atoms with Gasteiger partial charge in [0.15, 0.2) is 0 Å². The summed E-state index contributed by atoms with van der Waals surface area (Å²) in [6.45, 7) is 1.98. The molecule has 0 aliphatic carbocycles. The smallest absolute Gasteiger partial charge is 0.259 e. The van der Waals surface area contributed by atoms with Gasteiger partial charge in [-0.25, -0.2) is 0 Å². The van der Waals surface area contributed by atoms with Crippen LogP contribution in [0.25, 0.3) is 22.3 Å². The molecule has 1 amide bonds. The quantitative estimate of drug-likeness (QED) is 0.517. The van der Waals surface area contributed by atoms with Crippen molar-refractivity contribution in [2.75, 3.05) is 5.32 Å². The van der Waals surface area contributed by atoms with Crippen molar-refractivity contribution in [3.8, 4) is 11.4 Å². The number of hydrogen-bond acceptors (Lipinski definition) is 5. The van der Waals surface area contributed by atoms with Crippen LogP contribution in [-0.2, 0) is 11.2 Å². The largest absolute Gasteiger partial charge is 0.339 e. The van der Waals surface area contributed by atoms with Gasteiger partial charge in [-0.2, -0.15) is 4.98 Å². The Labute approximate surface area is 170 Å². The van der Waals surface area contributed by atoms with Crippen LogP contribution in [0.1, 0.15) is 17.9 Å². The third-order valence-electron chi connectivity index (χ3n) is 4.40. The van der Waals surface area contributed by atoms with Gasteiger partial charge in [0.05, 0.1) is 5.56 Å². The van der Waals surface area contributed by atoms with E-state index in [-0.39, 0.29) is 36.0 Å². The van der Waals surface area contributed by atoms with Gasteiger partial charge in [-0.05, 0) is 54.8 Å². The number of amides is 1. The summed E-state index contributed by atoms with van der Waals surface area (Å²) in [5, 5.41) is 8.15. The van der Waals surface area contributed by atoms with Crippen molar-refractivity contribution in [2.45, 2.75) is 19.8 Å². The Balaban J connectivity index is 1.46. The Morgan fingerprint density at radius 2 is 1.97 bits per heavy atom. The van der Waals surface area contributed by atoms with Gasteiger partial charge in [-0.3, -0.25) is 9.59 Å². The molecule has 0 radical (unpaired) electrons. The van der Waals surface area contributed by atoms with Crippen LogP contribution in [0.4, 0.5) is 5.69 Å². The zero-order valence-corrected chi connectivity index (χ0v) is 16.3. The average Bonchev–Trinajstić information content (AvgIpc) is 3.17. The van der Waals surface area contributed by atoms with Gasteiger partial charge in [0.2, 0.25) is 17.6 Å². The molecule has 2 N–H and O–H groups in total. The number of H-pyrrole nitrogens is 1. The fraction of sp³-hybridized carbons (Fsp3) is 0.143. The minimum Gasteiger partial charge on any atom is -0.339 e. The summed E-state index contributed by atoms with van der Waals surface area (Å²) in [7, 11) is 0. The van der Waals surface area contributed by atoms with Gasteiger partial charge in [0, 0.05) is 29.1 Å². The van der Waals surface area contributed by atoms with E-state index in [0.717, 1.165) is 16.5 Å². The van der Waals surface area contributed by atoms with Crippen LogP contribution in [0.5, 0.6) is 0 Å². The first kappa shape index (κ1) is 18.9. The van der Waals surface area contributed by atoms with E-state index in [9.17, 15) is 9.59 Å². The third-order valence-corrected chi connectivity index (χ3v) is 4.65. The first-order valence-corrected chi connectivity index (χ1v) is 9.38. The van der Waals surface area contributed by atoms with Gasteiger partial charge in [0.25, 0.3) is 5.56 Å². The van der Waals surface area contributed by atoms with E-state index in [1.807, 2.05) is 25.1 Å². The van der Waals surface area contributed by atoms with Crippen LogP contribution in [0.2, 0.25) is 5.02 Å². The normalized spacial score (nSPS) is 11.0. The maximum Gasteiger partial charge on any atom is 0.259 e. The second-order valence-electron chi connectivity index (χ2n) is 6.67. The first-order chi connectivity index (χ1) is 14.0. The standard InChI is InChI=1S/C21H17ClN4O3/c1-12-2-7-17-13(10-12)11-16(21(28)24-17)20-25-19(29-26-20)9-8-18(27)23-15-5-3-14(22)4-6-15/h2-7,10-11H,8-9H2,1H3,(H,23,27)(H,24,28). The molecule has 0 unspecified atom stereocenters. The maximum atomic E-state index is 12.4. The van der Waals surface area contributed by atoms with E-state index < -0.39 is 0 Å². The van der Waals surface area contributed by atoms with E-state index in [4.69, 9.17) is 16.1 Å². The van der Waals surface area contributed by atoms with E-state index in [1.165, 1.54) is 0 Å². The fourth-order valence-corrected chi connectivity index (χ4v) is 3.06. The number of aromatic nitrogens is 3. The van der Waals surface area contributed by atoms with E-state index in [1.54, 1.807) is 30.3 Å². The third kappa shape index (κ3) is 4.35. The Morgan fingerprint density at radius 3 is 2.76 bits per heavy atom. The number of hydrogen-bond donors (Lipinski definition) is 2. The van der Waals surface area contributed by atoms with E-state index in [2.05, 4.69) is 20.4 Å². The molecule has 8 heteroatoms. The Hall–Kier alpha value is -3.45. The van der Waals surface area contributed by atoms with Gasteiger partial charge < -0.3 is 14.8 Å². The minimum absolute atomic E-state index is 0.164. The van der Waals surface area contributed by atoms with Crippen molar-refractivity contribution >= 4 is 34.1 Å². The van der Waals surface area contributed by atoms with Gasteiger partial charge in [0.1, 0.15) is 0 Å². The predicted octanol–water partition coefficient (Wildman–Crippen LogP) is 4.11. The molecule has 0 bridgehead atoms. The van der Waals surface area contributed by atoms with Crippen LogP contribution in [-0.4, -0.2) is 21.0 Å². The summed E-state index contributed by atoms with van der Waals surface area (Å²) in [5.41, 5.74) is 2.50. The number of carbonyl (C=O) groups excluding carboxylic acids is 1. The number of aryl methyl sites for hydroxylation is 2. The molecule has 2 aromatic carbocycles. The summed E-state index contributed by atoms with van der Waals surface area (Å²) < 4.78 is 5.21. The van der Waals surface area contributed by atoms with E-state index >= 15 is 0 Å². The highest BCUT2D eigenvalue weighted by Crippen LogP contribution is 2.19. The molecule has 2 heterocycles. The zero-order valence-electron chi connectivity index (χ0n) is 15.5. The number of nitrogens with one attached hydrogen (secondary N) is 2. The summed E-state index contributed by atoms with van der Waals surface area (Å²) in [5.74, 6) is 0.295. The van der Waals surface area contributed by atoms with Crippen molar-refractivity contribution in [3.05, 3.63) is 75.4 Å². The second-order valence-corrected chi connectivity index (χ2v) is 7.11. The molecule has 146 valence electrons. The minimum atomic E-state index is -0.297. The SMILES string of the molecule is Cc1ccc2[nH]c(=O)c(-c3noc(CCC(=O)Nc4ccc(Cl)cc4)n3)cc2c1. The molecule has 2 aromatic heterocycles. The lowest BCUT2D eigenvalue weighted by molar-refractivity contribution is -0.116. The van der Waals surface area contributed by atoms with Crippen molar-refractivity contribution in [1.82, 2.24) is 15.1 Å². The van der Waals surface area contributed by atoms with Gasteiger partial charge in [-0.1, -0.05) is 28.4 Å². The molecule has 0 fully saturated rings. The van der Waals surface area contributed by atoms with Crippen molar-refractivity contribution in [3.63, 3.8) is 0 Å². The number of aromatic amines is 1. The number of halogens is 1.